The van der Waals surface area contributed by atoms with Crippen molar-refractivity contribution in [3.8, 4) is 0 Å². The molecule has 1 aliphatic heterocycles. The summed E-state index contributed by atoms with van der Waals surface area (Å²) >= 11 is 5.96. The first kappa shape index (κ1) is 17.8. The van der Waals surface area contributed by atoms with Crippen molar-refractivity contribution in [2.24, 2.45) is 0 Å². The van der Waals surface area contributed by atoms with Crippen LogP contribution >= 0.6 is 11.6 Å². The van der Waals surface area contributed by atoms with Crippen LogP contribution in [0.4, 0.5) is 11.4 Å². The molecule has 0 atom stereocenters. The topological polar surface area (TPSA) is 35.6 Å². The molecule has 1 amide bonds. The molecule has 1 fully saturated rings. The Morgan fingerprint density at radius 1 is 1.08 bits per heavy atom. The van der Waals surface area contributed by atoms with Gasteiger partial charge in [-0.05, 0) is 55.3 Å². The first-order valence-electron chi connectivity index (χ1n) is 8.61. The van der Waals surface area contributed by atoms with Crippen molar-refractivity contribution in [3.05, 3.63) is 58.6 Å². The number of hydrogen-bond donors (Lipinski definition) is 1. The Hall–Kier alpha value is -2.04. The van der Waals surface area contributed by atoms with Gasteiger partial charge in [0, 0.05) is 42.6 Å². The number of carbonyl (C=O) groups excluding carboxylic acids is 1. The van der Waals surface area contributed by atoms with Crippen molar-refractivity contribution in [3.63, 3.8) is 0 Å². The van der Waals surface area contributed by atoms with Gasteiger partial charge in [0.1, 0.15) is 0 Å². The summed E-state index contributed by atoms with van der Waals surface area (Å²) in [6, 6.07) is 14.1. The molecule has 2 aromatic rings. The van der Waals surface area contributed by atoms with Crippen LogP contribution in [-0.2, 0) is 4.79 Å². The minimum absolute atomic E-state index is 0.0226. The van der Waals surface area contributed by atoms with Gasteiger partial charge in [-0.1, -0.05) is 23.7 Å². The Labute approximate surface area is 154 Å². The van der Waals surface area contributed by atoms with Gasteiger partial charge in [-0.2, -0.15) is 0 Å². The van der Waals surface area contributed by atoms with Gasteiger partial charge in [0.2, 0.25) is 5.91 Å². The lowest BCUT2D eigenvalue weighted by Gasteiger charge is -2.35. The highest BCUT2D eigenvalue weighted by Gasteiger charge is 2.19. The van der Waals surface area contributed by atoms with Gasteiger partial charge in [-0.15, -0.1) is 0 Å². The molecule has 2 aromatic carbocycles. The second kappa shape index (κ2) is 7.89. The molecule has 0 unspecified atom stereocenters. The van der Waals surface area contributed by atoms with E-state index in [0.717, 1.165) is 37.4 Å². The Balaban J connectivity index is 1.51. The van der Waals surface area contributed by atoms with Crippen LogP contribution in [0.3, 0.4) is 0 Å². The highest BCUT2D eigenvalue weighted by molar-refractivity contribution is 6.30. The van der Waals surface area contributed by atoms with Crippen LogP contribution in [-0.4, -0.2) is 43.5 Å². The number of benzene rings is 2. The quantitative estimate of drug-likeness (QED) is 0.905. The zero-order valence-corrected chi connectivity index (χ0v) is 15.5. The molecule has 5 heteroatoms. The van der Waals surface area contributed by atoms with E-state index in [0.29, 0.717) is 11.6 Å². The first-order valence-corrected chi connectivity index (χ1v) is 8.99. The lowest BCUT2D eigenvalue weighted by Crippen LogP contribution is -2.48. The number of rotatable bonds is 4. The maximum Gasteiger partial charge on any atom is 0.238 e. The van der Waals surface area contributed by atoms with Crippen molar-refractivity contribution in [1.29, 1.82) is 0 Å². The number of piperazine rings is 1. The lowest BCUT2D eigenvalue weighted by molar-refractivity contribution is -0.117. The van der Waals surface area contributed by atoms with E-state index in [4.69, 9.17) is 11.6 Å². The normalized spacial score (nSPS) is 15.2. The third-order valence-electron chi connectivity index (χ3n) is 4.57. The van der Waals surface area contributed by atoms with Crippen LogP contribution in [0.2, 0.25) is 5.02 Å². The molecule has 1 aliphatic rings. The molecule has 4 nitrogen and oxygen atoms in total. The summed E-state index contributed by atoms with van der Waals surface area (Å²) in [7, 11) is 0. The maximum absolute atomic E-state index is 12.3. The molecule has 1 heterocycles. The maximum atomic E-state index is 12.3. The van der Waals surface area contributed by atoms with Crippen molar-refractivity contribution >= 4 is 28.9 Å². The summed E-state index contributed by atoms with van der Waals surface area (Å²) in [6.07, 6.45) is 0. The van der Waals surface area contributed by atoms with Gasteiger partial charge >= 0.3 is 0 Å². The zero-order chi connectivity index (χ0) is 17.8. The highest BCUT2D eigenvalue weighted by atomic mass is 35.5. The Kier molecular flexibility index (Phi) is 5.61. The minimum atomic E-state index is 0.0226. The molecule has 0 saturated carbocycles. The fourth-order valence-electron chi connectivity index (χ4n) is 3.15. The van der Waals surface area contributed by atoms with Gasteiger partial charge in [0.15, 0.2) is 0 Å². The molecule has 25 heavy (non-hydrogen) atoms. The van der Waals surface area contributed by atoms with E-state index in [1.165, 1.54) is 11.3 Å². The summed E-state index contributed by atoms with van der Waals surface area (Å²) in [5, 5.41) is 3.67. The minimum Gasteiger partial charge on any atom is -0.369 e. The van der Waals surface area contributed by atoms with Crippen molar-refractivity contribution < 1.29 is 4.79 Å². The van der Waals surface area contributed by atoms with Crippen molar-refractivity contribution in [2.45, 2.75) is 13.8 Å². The second-order valence-corrected chi connectivity index (χ2v) is 7.05. The van der Waals surface area contributed by atoms with Crippen LogP contribution in [0.15, 0.2) is 42.5 Å². The summed E-state index contributed by atoms with van der Waals surface area (Å²) < 4.78 is 0. The van der Waals surface area contributed by atoms with Crippen LogP contribution < -0.4 is 10.2 Å². The largest absolute Gasteiger partial charge is 0.369 e. The molecular weight excluding hydrogens is 334 g/mol. The standard InChI is InChI=1S/C20H24ClN3O/c1-15-4-3-5-18(12-15)24-10-8-23(9-11-24)14-20(25)22-19-7-6-17(21)13-16(19)2/h3-7,12-13H,8-11,14H2,1-2H3,(H,22,25). The monoisotopic (exact) mass is 357 g/mol. The van der Waals surface area contributed by atoms with Crippen LogP contribution in [0, 0.1) is 13.8 Å². The van der Waals surface area contributed by atoms with Gasteiger partial charge in [-0.3, -0.25) is 9.69 Å². The molecule has 0 aliphatic carbocycles. The average Bonchev–Trinajstić information content (AvgIpc) is 2.58. The van der Waals surface area contributed by atoms with Crippen molar-refractivity contribution in [1.82, 2.24) is 4.90 Å². The predicted molar refractivity (Wildman–Crippen MR) is 105 cm³/mol. The van der Waals surface area contributed by atoms with Crippen molar-refractivity contribution in [2.75, 3.05) is 42.9 Å². The molecule has 3 rings (SSSR count). The highest BCUT2D eigenvalue weighted by Crippen LogP contribution is 2.20. The van der Waals surface area contributed by atoms with Crippen LogP contribution in [0.5, 0.6) is 0 Å². The summed E-state index contributed by atoms with van der Waals surface area (Å²) in [5.41, 5.74) is 4.34. The van der Waals surface area contributed by atoms with E-state index in [-0.39, 0.29) is 5.91 Å². The molecule has 0 bridgehead atoms. The predicted octanol–water partition coefficient (Wildman–Crippen LogP) is 3.72. The fourth-order valence-corrected chi connectivity index (χ4v) is 3.38. The molecule has 1 N–H and O–H groups in total. The number of amides is 1. The van der Waals surface area contributed by atoms with E-state index >= 15 is 0 Å². The Morgan fingerprint density at radius 3 is 2.52 bits per heavy atom. The summed E-state index contributed by atoms with van der Waals surface area (Å²) in [4.78, 5) is 16.9. The number of hydrogen-bond acceptors (Lipinski definition) is 3. The van der Waals surface area contributed by atoms with Gasteiger partial charge in [0.25, 0.3) is 0 Å². The first-order chi connectivity index (χ1) is 12.0. The third kappa shape index (κ3) is 4.74. The molecule has 1 saturated heterocycles. The summed E-state index contributed by atoms with van der Waals surface area (Å²) in [5.74, 6) is 0.0226. The molecule has 132 valence electrons. The van der Waals surface area contributed by atoms with Gasteiger partial charge in [0.05, 0.1) is 6.54 Å². The van der Waals surface area contributed by atoms with E-state index in [1.54, 1.807) is 6.07 Å². The second-order valence-electron chi connectivity index (χ2n) is 6.61. The Bertz CT molecular complexity index is 754. The Morgan fingerprint density at radius 2 is 1.84 bits per heavy atom. The SMILES string of the molecule is Cc1cccc(N2CCN(CC(=O)Nc3ccc(Cl)cc3C)CC2)c1. The van der Waals surface area contributed by atoms with Gasteiger partial charge in [-0.25, -0.2) is 0 Å². The molecular formula is C20H24ClN3O. The zero-order valence-electron chi connectivity index (χ0n) is 14.8. The number of anilines is 2. The fraction of sp³-hybridized carbons (Fsp3) is 0.350. The van der Waals surface area contributed by atoms with Gasteiger partial charge < -0.3 is 10.2 Å². The van der Waals surface area contributed by atoms with E-state index < -0.39 is 0 Å². The van der Waals surface area contributed by atoms with Crippen LogP contribution in [0.25, 0.3) is 0 Å². The molecule has 0 radical (unpaired) electrons. The van der Waals surface area contributed by atoms with Crippen LogP contribution in [0.1, 0.15) is 11.1 Å². The number of nitrogens with zero attached hydrogens (tertiary/aromatic N) is 2. The number of halogens is 1. The lowest BCUT2D eigenvalue weighted by atomic mass is 10.2. The van der Waals surface area contributed by atoms with E-state index in [9.17, 15) is 4.79 Å². The average molecular weight is 358 g/mol. The van der Waals surface area contributed by atoms with E-state index in [1.807, 2.05) is 19.1 Å². The number of nitrogens with one attached hydrogen (secondary N) is 1. The molecule has 0 aromatic heterocycles. The summed E-state index contributed by atoms with van der Waals surface area (Å²) in [6.45, 7) is 8.14. The van der Waals surface area contributed by atoms with E-state index in [2.05, 4.69) is 46.3 Å². The smallest absolute Gasteiger partial charge is 0.238 e. The molecule has 0 spiro atoms. The number of carbonyl (C=O) groups is 1. The third-order valence-corrected chi connectivity index (χ3v) is 4.80. The number of aryl methyl sites for hydroxylation is 2.